The van der Waals surface area contributed by atoms with E-state index in [1.165, 1.54) is 18.5 Å². The number of hydrogen-bond donors (Lipinski definition) is 2. The minimum Gasteiger partial charge on any atom is -0.392 e. The zero-order chi connectivity index (χ0) is 23.1. The molecule has 2 amide bonds. The van der Waals surface area contributed by atoms with Crippen LogP contribution in [0.2, 0.25) is 5.02 Å². The third-order valence-electron chi connectivity index (χ3n) is 5.96. The van der Waals surface area contributed by atoms with Gasteiger partial charge in [0.1, 0.15) is 6.04 Å². The van der Waals surface area contributed by atoms with E-state index in [9.17, 15) is 23.1 Å². The maximum Gasteiger partial charge on any atom is 0.264 e. The van der Waals surface area contributed by atoms with Crippen LogP contribution in [-0.4, -0.2) is 59.8 Å². The number of carbonyl (C=O) groups is 2. The van der Waals surface area contributed by atoms with Gasteiger partial charge in [-0.05, 0) is 43.5 Å². The van der Waals surface area contributed by atoms with E-state index in [4.69, 9.17) is 11.6 Å². The molecule has 0 spiro atoms. The lowest BCUT2D eigenvalue weighted by Gasteiger charge is -2.42. The van der Waals surface area contributed by atoms with Crippen LogP contribution >= 0.6 is 11.6 Å². The predicted molar refractivity (Wildman–Crippen MR) is 117 cm³/mol. The van der Waals surface area contributed by atoms with Crippen LogP contribution < -0.4 is 5.32 Å². The van der Waals surface area contributed by atoms with E-state index in [0.29, 0.717) is 35.7 Å². The number of nitrogens with one attached hydrogen (secondary N) is 1. The van der Waals surface area contributed by atoms with Gasteiger partial charge in [0.05, 0.1) is 17.4 Å². The molecule has 10 heteroatoms. The minimum absolute atomic E-state index is 0.0356. The van der Waals surface area contributed by atoms with Crippen molar-refractivity contribution in [3.05, 3.63) is 40.7 Å². The van der Waals surface area contributed by atoms with Crippen LogP contribution in [0, 0.1) is 19.3 Å². The number of carbonyl (C=O) groups excluding carboxylic acids is 2. The van der Waals surface area contributed by atoms with Crippen molar-refractivity contribution in [2.24, 2.45) is 5.41 Å². The molecule has 0 unspecified atom stereocenters. The Hall–Kier alpha value is -2.10. The minimum atomic E-state index is -4.11. The van der Waals surface area contributed by atoms with E-state index in [0.717, 1.165) is 4.31 Å². The average molecular weight is 470 g/mol. The average Bonchev–Trinajstić information content (AvgIpc) is 2.68. The first-order valence-corrected chi connectivity index (χ1v) is 11.9. The summed E-state index contributed by atoms with van der Waals surface area (Å²) in [4.78, 5) is 27.2. The number of piperidine rings is 1. The van der Waals surface area contributed by atoms with E-state index >= 15 is 0 Å². The SMILES string of the molecule is Cc1cc(S(=O)(=O)N2C=CNC(=O)[C@H]2CC(=O)N2CC[C@@H](O)C(C)(C)C2)c(C)cc1Cl. The molecule has 2 aliphatic heterocycles. The summed E-state index contributed by atoms with van der Waals surface area (Å²) in [5, 5.41) is 13.1. The molecule has 0 bridgehead atoms. The van der Waals surface area contributed by atoms with Crippen molar-refractivity contribution in [2.75, 3.05) is 13.1 Å². The highest BCUT2D eigenvalue weighted by atomic mass is 35.5. The summed E-state index contributed by atoms with van der Waals surface area (Å²) in [5.74, 6) is -0.904. The van der Waals surface area contributed by atoms with Gasteiger partial charge in [0.15, 0.2) is 0 Å². The number of amides is 2. The zero-order valence-corrected chi connectivity index (χ0v) is 19.6. The van der Waals surface area contributed by atoms with Gasteiger partial charge in [0.25, 0.3) is 10.0 Å². The quantitative estimate of drug-likeness (QED) is 0.700. The predicted octanol–water partition coefficient (Wildman–Crippen LogP) is 1.93. The van der Waals surface area contributed by atoms with Gasteiger partial charge >= 0.3 is 0 Å². The molecular formula is C21H28ClN3O5S. The molecule has 2 atom stereocenters. The van der Waals surface area contributed by atoms with Gasteiger partial charge in [-0.3, -0.25) is 13.9 Å². The lowest BCUT2D eigenvalue weighted by Crippen LogP contribution is -2.54. The molecule has 0 aromatic heterocycles. The highest BCUT2D eigenvalue weighted by Crippen LogP contribution is 2.31. The molecular weight excluding hydrogens is 442 g/mol. The number of aliphatic hydroxyl groups is 1. The Morgan fingerprint density at radius 1 is 1.29 bits per heavy atom. The largest absolute Gasteiger partial charge is 0.392 e. The number of hydrogen-bond acceptors (Lipinski definition) is 5. The summed E-state index contributed by atoms with van der Waals surface area (Å²) in [6, 6.07) is 1.83. The molecule has 0 radical (unpaired) electrons. The molecule has 0 aliphatic carbocycles. The maximum atomic E-state index is 13.4. The number of likely N-dealkylation sites (tertiary alicyclic amines) is 1. The first-order chi connectivity index (χ1) is 14.3. The smallest absolute Gasteiger partial charge is 0.264 e. The number of halogens is 1. The molecule has 2 heterocycles. The number of sulfonamides is 1. The highest BCUT2D eigenvalue weighted by molar-refractivity contribution is 7.89. The van der Waals surface area contributed by atoms with Gasteiger partial charge in [-0.2, -0.15) is 0 Å². The fraction of sp³-hybridized carbons (Fsp3) is 0.524. The molecule has 31 heavy (non-hydrogen) atoms. The number of aryl methyl sites for hydroxylation is 2. The Labute approximate surface area is 187 Å². The Morgan fingerprint density at radius 2 is 1.97 bits per heavy atom. The number of rotatable bonds is 4. The summed E-state index contributed by atoms with van der Waals surface area (Å²) in [5.41, 5.74) is 0.566. The van der Waals surface area contributed by atoms with Gasteiger partial charge in [-0.15, -0.1) is 0 Å². The summed E-state index contributed by atoms with van der Waals surface area (Å²) in [6.45, 7) is 7.76. The van der Waals surface area contributed by atoms with Crippen LogP contribution in [-0.2, 0) is 19.6 Å². The summed E-state index contributed by atoms with van der Waals surface area (Å²) >= 11 is 6.11. The van der Waals surface area contributed by atoms with Crippen LogP contribution in [0.1, 0.15) is 37.8 Å². The van der Waals surface area contributed by atoms with E-state index in [-0.39, 0.29) is 17.2 Å². The van der Waals surface area contributed by atoms with Gasteiger partial charge in [-0.25, -0.2) is 8.42 Å². The van der Waals surface area contributed by atoms with Crippen LogP contribution in [0.3, 0.4) is 0 Å². The van der Waals surface area contributed by atoms with E-state index in [1.807, 2.05) is 13.8 Å². The first kappa shape index (κ1) is 23.6. The molecule has 170 valence electrons. The number of aliphatic hydroxyl groups excluding tert-OH is 1. The lowest BCUT2D eigenvalue weighted by atomic mass is 9.81. The van der Waals surface area contributed by atoms with Crippen molar-refractivity contribution in [1.82, 2.24) is 14.5 Å². The van der Waals surface area contributed by atoms with Crippen molar-refractivity contribution < 1.29 is 23.1 Å². The Morgan fingerprint density at radius 3 is 2.61 bits per heavy atom. The Bertz CT molecular complexity index is 1040. The molecule has 1 aromatic carbocycles. The van der Waals surface area contributed by atoms with Crippen molar-refractivity contribution >= 4 is 33.4 Å². The molecule has 1 fully saturated rings. The van der Waals surface area contributed by atoms with Gasteiger partial charge in [-0.1, -0.05) is 25.4 Å². The molecule has 1 aromatic rings. The van der Waals surface area contributed by atoms with Crippen molar-refractivity contribution in [3.8, 4) is 0 Å². The normalized spacial score (nSPS) is 23.6. The van der Waals surface area contributed by atoms with Crippen LogP contribution in [0.15, 0.2) is 29.4 Å². The summed E-state index contributed by atoms with van der Waals surface area (Å²) in [7, 11) is -4.11. The van der Waals surface area contributed by atoms with Crippen molar-refractivity contribution in [1.29, 1.82) is 0 Å². The van der Waals surface area contributed by atoms with Crippen molar-refractivity contribution in [3.63, 3.8) is 0 Å². The third kappa shape index (κ3) is 4.58. The second-order valence-electron chi connectivity index (χ2n) is 8.85. The van der Waals surface area contributed by atoms with Crippen LogP contribution in [0.4, 0.5) is 0 Å². The highest BCUT2D eigenvalue weighted by Gasteiger charge is 2.41. The third-order valence-corrected chi connectivity index (χ3v) is 8.30. The number of benzene rings is 1. The first-order valence-electron chi connectivity index (χ1n) is 10.1. The Balaban J connectivity index is 1.89. The van der Waals surface area contributed by atoms with Crippen LogP contribution in [0.25, 0.3) is 0 Å². The number of nitrogens with zero attached hydrogens (tertiary/aromatic N) is 2. The fourth-order valence-corrected chi connectivity index (χ4v) is 5.90. The van der Waals surface area contributed by atoms with Gasteiger partial charge in [0.2, 0.25) is 11.8 Å². The summed E-state index contributed by atoms with van der Waals surface area (Å²) < 4.78 is 27.8. The van der Waals surface area contributed by atoms with E-state index in [2.05, 4.69) is 5.32 Å². The lowest BCUT2D eigenvalue weighted by molar-refractivity contribution is -0.141. The zero-order valence-electron chi connectivity index (χ0n) is 18.1. The van der Waals surface area contributed by atoms with Crippen molar-refractivity contribution in [2.45, 2.75) is 57.6 Å². The monoisotopic (exact) mass is 469 g/mol. The second kappa shape index (κ2) is 8.44. The second-order valence-corrected chi connectivity index (χ2v) is 11.1. The van der Waals surface area contributed by atoms with E-state index < -0.39 is 33.5 Å². The Kier molecular flexibility index (Phi) is 6.42. The topological polar surface area (TPSA) is 107 Å². The molecule has 8 nitrogen and oxygen atoms in total. The van der Waals surface area contributed by atoms with Crippen LogP contribution in [0.5, 0.6) is 0 Å². The van der Waals surface area contributed by atoms with E-state index in [1.54, 1.807) is 24.8 Å². The standard InChI is InChI=1S/C21H28ClN3O5S/c1-13-10-17(14(2)9-15(13)22)31(29,30)25-8-6-23-20(28)16(25)11-19(27)24-7-5-18(26)21(3,4)12-24/h6,8-10,16,18,26H,5,7,11-12H2,1-4H3,(H,23,28)/t16-,18-/m1/s1. The molecule has 2 N–H and O–H groups in total. The molecule has 1 saturated heterocycles. The fourth-order valence-electron chi connectivity index (χ4n) is 3.94. The summed E-state index contributed by atoms with van der Waals surface area (Å²) in [6.07, 6.45) is 2.13. The molecule has 2 aliphatic rings. The maximum absolute atomic E-state index is 13.4. The van der Waals surface area contributed by atoms with Gasteiger partial charge in [0, 0.05) is 35.9 Å². The van der Waals surface area contributed by atoms with Gasteiger partial charge < -0.3 is 15.3 Å². The molecule has 3 rings (SSSR count). The molecule has 0 saturated carbocycles.